The van der Waals surface area contributed by atoms with Crippen molar-refractivity contribution in [3.05, 3.63) is 0 Å². The molecule has 0 aromatic heterocycles. The third kappa shape index (κ3) is 12.4. The van der Waals surface area contributed by atoms with Crippen LogP contribution in [-0.2, 0) is 26.6 Å². The lowest BCUT2D eigenvalue weighted by Gasteiger charge is -2.28. The van der Waals surface area contributed by atoms with Gasteiger partial charge in [0.05, 0.1) is 0 Å². The van der Waals surface area contributed by atoms with E-state index in [1.165, 1.54) is 0 Å². The van der Waals surface area contributed by atoms with Gasteiger partial charge in [-0.25, -0.2) is 0 Å². The predicted molar refractivity (Wildman–Crippen MR) is 85.9 cm³/mol. The molecular weight excluding hydrogens is 310 g/mol. The Kier molecular flexibility index (Phi) is 18.4. The fourth-order valence-electron chi connectivity index (χ4n) is 1.57. The SMILES string of the molecule is CCO[Si](CCCN)(OCC)OCC.CO[Si](OC)OC. The van der Waals surface area contributed by atoms with Gasteiger partial charge in [0, 0.05) is 47.2 Å². The maximum absolute atomic E-state index is 5.65. The molecule has 129 valence electrons. The maximum atomic E-state index is 5.65. The van der Waals surface area contributed by atoms with Gasteiger partial charge in [0.1, 0.15) is 0 Å². The minimum absolute atomic E-state index is 0.636. The molecule has 0 saturated carbocycles. The molecule has 0 aromatic rings. The van der Waals surface area contributed by atoms with Crippen molar-refractivity contribution < 1.29 is 26.6 Å². The third-order valence-corrected chi connectivity index (χ3v) is 6.43. The van der Waals surface area contributed by atoms with E-state index in [9.17, 15) is 0 Å². The first-order chi connectivity index (χ1) is 10.1. The van der Waals surface area contributed by atoms with E-state index in [2.05, 4.69) is 0 Å². The van der Waals surface area contributed by atoms with E-state index in [0.29, 0.717) is 26.4 Å². The summed E-state index contributed by atoms with van der Waals surface area (Å²) in [5.41, 5.74) is 5.48. The second-order valence-electron chi connectivity index (χ2n) is 3.74. The Balaban J connectivity index is 0. The minimum Gasteiger partial charge on any atom is -0.375 e. The van der Waals surface area contributed by atoms with Gasteiger partial charge in [0.2, 0.25) is 0 Å². The second-order valence-corrected chi connectivity index (χ2v) is 8.19. The average Bonchev–Trinajstić information content (AvgIpc) is 2.48. The first kappa shape index (κ1) is 23.4. The molecule has 0 atom stereocenters. The molecule has 1 radical (unpaired) electrons. The topological polar surface area (TPSA) is 81.4 Å². The fourth-order valence-corrected chi connectivity index (χ4v) is 4.71. The van der Waals surface area contributed by atoms with Crippen molar-refractivity contribution in [3.8, 4) is 0 Å². The lowest BCUT2D eigenvalue weighted by Crippen LogP contribution is -2.46. The summed E-state index contributed by atoms with van der Waals surface area (Å²) in [4.78, 5) is 0. The molecular formula is C12H32NO6Si2. The van der Waals surface area contributed by atoms with Gasteiger partial charge < -0.3 is 32.3 Å². The second kappa shape index (κ2) is 16.5. The highest BCUT2D eigenvalue weighted by Crippen LogP contribution is 2.17. The number of hydrogen-bond donors (Lipinski definition) is 1. The molecule has 0 bridgehead atoms. The van der Waals surface area contributed by atoms with E-state index < -0.39 is 18.3 Å². The van der Waals surface area contributed by atoms with Crippen molar-refractivity contribution in [2.24, 2.45) is 5.73 Å². The van der Waals surface area contributed by atoms with Crippen LogP contribution in [-0.4, -0.2) is 66.0 Å². The molecule has 0 saturated heterocycles. The highest BCUT2D eigenvalue weighted by molar-refractivity contribution is 6.60. The molecule has 0 spiro atoms. The zero-order valence-corrected chi connectivity index (χ0v) is 16.3. The van der Waals surface area contributed by atoms with Crippen molar-refractivity contribution in [1.82, 2.24) is 0 Å². The van der Waals surface area contributed by atoms with Gasteiger partial charge in [-0.2, -0.15) is 0 Å². The van der Waals surface area contributed by atoms with Crippen molar-refractivity contribution in [3.63, 3.8) is 0 Å². The quantitative estimate of drug-likeness (QED) is 0.535. The van der Waals surface area contributed by atoms with Crippen molar-refractivity contribution >= 4 is 18.3 Å². The zero-order chi connectivity index (χ0) is 16.6. The van der Waals surface area contributed by atoms with Crippen LogP contribution in [0.1, 0.15) is 27.2 Å². The lowest BCUT2D eigenvalue weighted by atomic mass is 10.5. The van der Waals surface area contributed by atoms with Gasteiger partial charge in [-0.3, -0.25) is 0 Å². The summed E-state index contributed by atoms with van der Waals surface area (Å²) in [7, 11) is 0.911. The van der Waals surface area contributed by atoms with Crippen molar-refractivity contribution in [1.29, 1.82) is 0 Å². The van der Waals surface area contributed by atoms with E-state index in [4.69, 9.17) is 32.3 Å². The first-order valence-corrected chi connectivity index (χ1v) is 10.4. The summed E-state index contributed by atoms with van der Waals surface area (Å²) >= 11 is 0. The van der Waals surface area contributed by atoms with Crippen LogP contribution < -0.4 is 5.73 Å². The van der Waals surface area contributed by atoms with Gasteiger partial charge in [-0.1, -0.05) is 0 Å². The van der Waals surface area contributed by atoms with E-state index >= 15 is 0 Å². The van der Waals surface area contributed by atoms with Crippen LogP contribution in [0.5, 0.6) is 0 Å². The molecule has 0 amide bonds. The smallest absolute Gasteiger partial charge is 0.375 e. The molecule has 0 heterocycles. The van der Waals surface area contributed by atoms with Gasteiger partial charge in [-0.15, -0.1) is 0 Å². The van der Waals surface area contributed by atoms with Crippen molar-refractivity contribution in [2.45, 2.75) is 33.2 Å². The Bertz CT molecular complexity index is 188. The van der Waals surface area contributed by atoms with Crippen LogP contribution in [0.2, 0.25) is 6.04 Å². The Morgan fingerprint density at radius 1 is 0.810 bits per heavy atom. The summed E-state index contributed by atoms with van der Waals surface area (Å²) in [6.07, 6.45) is 0.895. The molecule has 9 heteroatoms. The number of rotatable bonds is 12. The number of hydrogen-bond acceptors (Lipinski definition) is 7. The number of nitrogens with two attached hydrogens (primary N) is 1. The van der Waals surface area contributed by atoms with Gasteiger partial charge >= 0.3 is 18.3 Å². The Morgan fingerprint density at radius 2 is 1.19 bits per heavy atom. The third-order valence-electron chi connectivity index (χ3n) is 2.28. The molecule has 0 aliphatic rings. The normalized spacial score (nSPS) is 11.4. The largest absolute Gasteiger partial charge is 0.576 e. The summed E-state index contributed by atoms with van der Waals surface area (Å²) in [6, 6.07) is 0.818. The maximum Gasteiger partial charge on any atom is 0.576 e. The highest BCUT2D eigenvalue weighted by Gasteiger charge is 2.39. The Labute approximate surface area is 132 Å². The van der Waals surface area contributed by atoms with Crippen LogP contribution in [0.4, 0.5) is 0 Å². The predicted octanol–water partition coefficient (Wildman–Crippen LogP) is 1.29. The van der Waals surface area contributed by atoms with Crippen LogP contribution >= 0.6 is 0 Å². The molecule has 0 rings (SSSR count). The van der Waals surface area contributed by atoms with Crippen LogP contribution in [0.15, 0.2) is 0 Å². The molecule has 0 aromatic carbocycles. The lowest BCUT2D eigenvalue weighted by molar-refractivity contribution is 0.0710. The van der Waals surface area contributed by atoms with Crippen LogP contribution in [0.25, 0.3) is 0 Å². The zero-order valence-electron chi connectivity index (χ0n) is 14.3. The summed E-state index contributed by atoms with van der Waals surface area (Å²) < 4.78 is 31.1. The molecule has 0 unspecified atom stereocenters. The summed E-state index contributed by atoms with van der Waals surface area (Å²) in [5.74, 6) is 0. The highest BCUT2D eigenvalue weighted by atomic mass is 28.4. The Hall–Kier alpha value is 0.154. The van der Waals surface area contributed by atoms with Gasteiger partial charge in [-0.05, 0) is 33.7 Å². The van der Waals surface area contributed by atoms with Crippen molar-refractivity contribution in [2.75, 3.05) is 47.7 Å². The molecule has 0 fully saturated rings. The van der Waals surface area contributed by atoms with Gasteiger partial charge in [0.15, 0.2) is 0 Å². The monoisotopic (exact) mass is 342 g/mol. The van der Waals surface area contributed by atoms with E-state index in [-0.39, 0.29) is 0 Å². The molecule has 7 nitrogen and oxygen atoms in total. The molecule has 0 aliphatic heterocycles. The van der Waals surface area contributed by atoms with Gasteiger partial charge in [0.25, 0.3) is 0 Å². The minimum atomic E-state index is -2.40. The van der Waals surface area contributed by atoms with Crippen LogP contribution in [0, 0.1) is 0 Å². The fraction of sp³-hybridized carbons (Fsp3) is 1.00. The average molecular weight is 343 g/mol. The standard InChI is InChI=1S/C9H23NO3Si.C3H9O3Si/c1-4-11-14(12-5-2,13-6-3)9-7-8-10;1-4-7(5-2)6-3/h4-10H2,1-3H3;1-3H3. The van der Waals surface area contributed by atoms with E-state index in [1.54, 1.807) is 21.3 Å². The van der Waals surface area contributed by atoms with Crippen LogP contribution in [0.3, 0.4) is 0 Å². The van der Waals surface area contributed by atoms with E-state index in [0.717, 1.165) is 12.5 Å². The summed E-state index contributed by atoms with van der Waals surface area (Å²) in [5, 5.41) is 0. The molecule has 2 N–H and O–H groups in total. The summed E-state index contributed by atoms with van der Waals surface area (Å²) in [6.45, 7) is 8.44. The Morgan fingerprint density at radius 3 is 1.38 bits per heavy atom. The molecule has 0 aliphatic carbocycles. The first-order valence-electron chi connectivity index (χ1n) is 7.20. The van der Waals surface area contributed by atoms with E-state index in [1.807, 2.05) is 20.8 Å². The molecule has 21 heavy (non-hydrogen) atoms.